The molecule has 0 aliphatic carbocycles. The molecule has 1 heterocycles. The molecule has 0 bridgehead atoms. The number of aliphatic hydroxyl groups excluding tert-OH is 1. The molecule has 1 saturated heterocycles. The van der Waals surface area contributed by atoms with Crippen molar-refractivity contribution in [3.8, 4) is 16.9 Å². The molecule has 3 nitrogen and oxygen atoms in total. The Morgan fingerprint density at radius 2 is 1.61 bits per heavy atom. The fourth-order valence-electron chi connectivity index (χ4n) is 4.40. The molecule has 0 aromatic heterocycles. The fourth-order valence-corrected chi connectivity index (χ4v) is 4.40. The van der Waals surface area contributed by atoms with E-state index in [9.17, 15) is 5.11 Å². The van der Waals surface area contributed by atoms with Crippen molar-refractivity contribution in [2.24, 2.45) is 0 Å². The van der Waals surface area contributed by atoms with Gasteiger partial charge in [0, 0.05) is 6.61 Å². The van der Waals surface area contributed by atoms with Crippen LogP contribution in [0.25, 0.3) is 11.1 Å². The van der Waals surface area contributed by atoms with Crippen LogP contribution in [0.1, 0.15) is 77.6 Å². The molecule has 3 atom stereocenters. The quantitative estimate of drug-likeness (QED) is 0.346. The van der Waals surface area contributed by atoms with Crippen molar-refractivity contribution >= 4 is 0 Å². The normalized spacial score (nSPS) is 18.5. The molecule has 3 heteroatoms. The maximum Gasteiger partial charge on any atom is 0.125 e. The average Bonchev–Trinajstić information content (AvgIpc) is 2.83. The number of hydrogen-bond acceptors (Lipinski definition) is 3. The molecule has 1 fully saturated rings. The van der Waals surface area contributed by atoms with Gasteiger partial charge < -0.3 is 14.6 Å². The number of hydrogen-bond donors (Lipinski definition) is 1. The van der Waals surface area contributed by atoms with Gasteiger partial charge in [-0.1, -0.05) is 81.5 Å². The van der Waals surface area contributed by atoms with E-state index in [0.29, 0.717) is 0 Å². The predicted octanol–water partition coefficient (Wildman–Crippen LogP) is 7.17. The highest BCUT2D eigenvalue weighted by Crippen LogP contribution is 2.27. The second-order valence-corrected chi connectivity index (χ2v) is 8.89. The molecule has 0 spiro atoms. The lowest BCUT2D eigenvalue weighted by molar-refractivity contribution is -0.0577. The molecule has 2 aromatic carbocycles. The van der Waals surface area contributed by atoms with Crippen molar-refractivity contribution in [3.63, 3.8) is 0 Å². The van der Waals surface area contributed by atoms with E-state index in [1.54, 1.807) is 0 Å². The highest BCUT2D eigenvalue weighted by atomic mass is 16.5. The van der Waals surface area contributed by atoms with Gasteiger partial charge in [-0.3, -0.25) is 0 Å². The van der Waals surface area contributed by atoms with Crippen LogP contribution >= 0.6 is 0 Å². The van der Waals surface area contributed by atoms with Crippen LogP contribution in [0, 0.1) is 0 Å². The van der Waals surface area contributed by atoms with Gasteiger partial charge in [-0.05, 0) is 61.8 Å². The summed E-state index contributed by atoms with van der Waals surface area (Å²) in [6.45, 7) is 3.05. The molecule has 1 aliphatic heterocycles. The van der Waals surface area contributed by atoms with E-state index in [-0.39, 0.29) is 18.3 Å². The van der Waals surface area contributed by atoms with Crippen molar-refractivity contribution in [2.75, 3.05) is 6.61 Å². The van der Waals surface area contributed by atoms with Crippen molar-refractivity contribution in [1.29, 1.82) is 0 Å². The summed E-state index contributed by atoms with van der Waals surface area (Å²) in [5.74, 6) is 0.882. The Labute approximate surface area is 188 Å². The molecule has 3 unspecified atom stereocenters. The third-order valence-electron chi connectivity index (χ3n) is 6.30. The monoisotopic (exact) mass is 424 g/mol. The van der Waals surface area contributed by atoms with Crippen molar-refractivity contribution < 1.29 is 14.6 Å². The highest BCUT2D eigenvalue weighted by Gasteiger charge is 2.27. The molecule has 0 radical (unpaired) electrons. The van der Waals surface area contributed by atoms with E-state index < -0.39 is 0 Å². The SMILES string of the molecule is CCCCCCCC(O)CCC(Oc1ccc(-c2ccccc2)cc1)C1CCCCO1. The van der Waals surface area contributed by atoms with Gasteiger partial charge in [0.05, 0.1) is 12.2 Å². The standard InChI is InChI=1S/C28H40O3/c1-2-3-4-5-9-14-25(29)18-21-28(27-15-10-11-22-30-27)31-26-19-16-24(17-20-26)23-12-7-6-8-13-23/h6-8,12-13,16-17,19-20,25,27-29H,2-5,9-11,14-15,18,21-22H2,1H3. The van der Waals surface area contributed by atoms with Crippen LogP contribution in [0.15, 0.2) is 54.6 Å². The van der Waals surface area contributed by atoms with Crippen LogP contribution in [-0.4, -0.2) is 30.0 Å². The van der Waals surface area contributed by atoms with E-state index in [4.69, 9.17) is 9.47 Å². The van der Waals surface area contributed by atoms with Crippen molar-refractivity contribution in [2.45, 2.75) is 95.9 Å². The first-order valence-electron chi connectivity index (χ1n) is 12.4. The summed E-state index contributed by atoms with van der Waals surface area (Å²) in [5, 5.41) is 10.5. The van der Waals surface area contributed by atoms with Gasteiger partial charge in [0.2, 0.25) is 0 Å². The highest BCUT2D eigenvalue weighted by molar-refractivity contribution is 5.63. The second kappa shape index (κ2) is 13.5. The zero-order valence-corrected chi connectivity index (χ0v) is 19.2. The zero-order valence-electron chi connectivity index (χ0n) is 19.2. The van der Waals surface area contributed by atoms with Crippen LogP contribution in [0.5, 0.6) is 5.75 Å². The first-order chi connectivity index (χ1) is 15.3. The lowest BCUT2D eigenvalue weighted by atomic mass is 9.97. The molecule has 3 rings (SSSR count). The minimum atomic E-state index is -0.239. The zero-order chi connectivity index (χ0) is 21.7. The topological polar surface area (TPSA) is 38.7 Å². The van der Waals surface area contributed by atoms with Gasteiger partial charge >= 0.3 is 0 Å². The van der Waals surface area contributed by atoms with Crippen LogP contribution in [-0.2, 0) is 4.74 Å². The Bertz CT molecular complexity index is 707. The Morgan fingerprint density at radius 3 is 2.32 bits per heavy atom. The molecule has 2 aromatic rings. The van der Waals surface area contributed by atoms with Crippen molar-refractivity contribution in [3.05, 3.63) is 54.6 Å². The number of benzene rings is 2. The Balaban J connectivity index is 1.53. The van der Waals surface area contributed by atoms with Gasteiger partial charge in [0.15, 0.2) is 0 Å². The lowest BCUT2D eigenvalue weighted by Crippen LogP contribution is -2.37. The van der Waals surface area contributed by atoms with Crippen molar-refractivity contribution in [1.82, 2.24) is 0 Å². The minimum absolute atomic E-state index is 0.00221. The number of ether oxygens (including phenoxy) is 2. The Kier molecular flexibility index (Phi) is 10.4. The first kappa shape index (κ1) is 23.8. The summed E-state index contributed by atoms with van der Waals surface area (Å²) < 4.78 is 12.5. The fraction of sp³-hybridized carbons (Fsp3) is 0.571. The summed E-state index contributed by atoms with van der Waals surface area (Å²) in [7, 11) is 0. The van der Waals surface area contributed by atoms with Crippen LogP contribution in [0.4, 0.5) is 0 Å². The summed E-state index contributed by atoms with van der Waals surface area (Å²) in [6, 6.07) is 18.8. The van der Waals surface area contributed by atoms with Gasteiger partial charge in [0.25, 0.3) is 0 Å². The first-order valence-corrected chi connectivity index (χ1v) is 12.4. The van der Waals surface area contributed by atoms with Gasteiger partial charge in [-0.25, -0.2) is 0 Å². The predicted molar refractivity (Wildman–Crippen MR) is 129 cm³/mol. The van der Waals surface area contributed by atoms with E-state index in [1.807, 2.05) is 6.07 Å². The van der Waals surface area contributed by atoms with Crippen LogP contribution in [0.3, 0.4) is 0 Å². The molecule has 1 N–H and O–H groups in total. The summed E-state index contributed by atoms with van der Waals surface area (Å²) >= 11 is 0. The van der Waals surface area contributed by atoms with E-state index in [2.05, 4.69) is 55.5 Å². The lowest BCUT2D eigenvalue weighted by Gasteiger charge is -2.31. The van der Waals surface area contributed by atoms with E-state index >= 15 is 0 Å². The summed E-state index contributed by atoms with van der Waals surface area (Å²) in [5.41, 5.74) is 2.40. The Morgan fingerprint density at radius 1 is 0.871 bits per heavy atom. The third kappa shape index (κ3) is 8.31. The second-order valence-electron chi connectivity index (χ2n) is 8.89. The molecular formula is C28H40O3. The van der Waals surface area contributed by atoms with Gasteiger partial charge in [0.1, 0.15) is 11.9 Å². The number of aliphatic hydroxyl groups is 1. The molecule has 31 heavy (non-hydrogen) atoms. The van der Waals surface area contributed by atoms with E-state index in [0.717, 1.165) is 50.9 Å². The largest absolute Gasteiger partial charge is 0.488 e. The maximum atomic E-state index is 10.5. The summed E-state index contributed by atoms with van der Waals surface area (Å²) in [6.07, 6.45) is 11.9. The molecule has 0 amide bonds. The van der Waals surface area contributed by atoms with Gasteiger partial charge in [-0.2, -0.15) is 0 Å². The van der Waals surface area contributed by atoms with Crippen LogP contribution < -0.4 is 4.74 Å². The average molecular weight is 425 g/mol. The van der Waals surface area contributed by atoms with Gasteiger partial charge in [-0.15, -0.1) is 0 Å². The molecule has 1 aliphatic rings. The van der Waals surface area contributed by atoms with E-state index in [1.165, 1.54) is 43.2 Å². The van der Waals surface area contributed by atoms with Crippen LogP contribution in [0.2, 0.25) is 0 Å². The Hall–Kier alpha value is -1.84. The molecule has 170 valence electrons. The maximum absolute atomic E-state index is 10.5. The smallest absolute Gasteiger partial charge is 0.125 e. The number of unbranched alkanes of at least 4 members (excludes halogenated alkanes) is 4. The minimum Gasteiger partial charge on any atom is -0.488 e. The summed E-state index contributed by atoms with van der Waals surface area (Å²) in [4.78, 5) is 0. The molecular weight excluding hydrogens is 384 g/mol. The number of rotatable bonds is 13. The third-order valence-corrected chi connectivity index (χ3v) is 6.30. The molecule has 0 saturated carbocycles.